The third-order valence-electron chi connectivity index (χ3n) is 8.32. The van der Waals surface area contributed by atoms with Crippen LogP contribution in [0.5, 0.6) is 0 Å². The third kappa shape index (κ3) is 7.32. The van der Waals surface area contributed by atoms with Gasteiger partial charge in [-0.2, -0.15) is 0 Å². The molecule has 8 aromatic rings. The summed E-state index contributed by atoms with van der Waals surface area (Å²) in [5.41, 5.74) is 2.58. The van der Waals surface area contributed by atoms with Crippen molar-refractivity contribution in [2.24, 2.45) is 0 Å². The fourth-order valence-corrected chi connectivity index (χ4v) is 10.5. The van der Waals surface area contributed by atoms with Crippen LogP contribution in [0.2, 0.25) is 0 Å². The van der Waals surface area contributed by atoms with E-state index in [9.17, 15) is 0 Å². The minimum absolute atomic E-state index is 0.582. The maximum absolute atomic E-state index is 3.68. The Balaban J connectivity index is 0.000000152. The quantitative estimate of drug-likeness (QED) is 0.157. The van der Waals surface area contributed by atoms with Gasteiger partial charge in [0.15, 0.2) is 0 Å². The van der Waals surface area contributed by atoms with Gasteiger partial charge in [0.1, 0.15) is 0 Å². The summed E-state index contributed by atoms with van der Waals surface area (Å²) in [4.78, 5) is 0. The standard InChI is InChI=1S/2C23H18P/c2*1-18-12-13-20-17-23(15-14-19(20)16-18)24(21-8-4-2-5-9-21)22-10-6-3-7-11-22/h2*2-16H,1H3. The van der Waals surface area contributed by atoms with Crippen LogP contribution in [0.3, 0.4) is 0 Å². The first-order chi connectivity index (χ1) is 23.6. The Morgan fingerprint density at radius 2 is 0.646 bits per heavy atom. The SMILES string of the molecule is Cc1ccc2[c]c(P(c3ccccc3)c3ccccc3)ccc2c1.Cc1ccc2[c]c(P(c3ccccc3)c3ccccc3)ccc2c1. The summed E-state index contributed by atoms with van der Waals surface area (Å²) in [7, 11) is -1.16. The van der Waals surface area contributed by atoms with Crippen molar-refractivity contribution in [3.8, 4) is 0 Å². The smallest absolute Gasteiger partial charge is 0.000883 e. The molecule has 0 fully saturated rings. The number of aryl methyl sites for hydroxylation is 2. The Hall–Kier alpha value is -4.86. The van der Waals surface area contributed by atoms with Gasteiger partial charge in [0.2, 0.25) is 0 Å². The molecule has 2 radical (unpaired) electrons. The van der Waals surface area contributed by atoms with Crippen LogP contribution in [0.1, 0.15) is 11.1 Å². The highest BCUT2D eigenvalue weighted by Crippen LogP contribution is 2.34. The molecule has 0 saturated heterocycles. The van der Waals surface area contributed by atoms with Gasteiger partial charge in [-0.05, 0) is 95.2 Å². The Morgan fingerprint density at radius 3 is 0.958 bits per heavy atom. The van der Waals surface area contributed by atoms with Gasteiger partial charge in [-0.25, -0.2) is 0 Å². The Kier molecular flexibility index (Phi) is 9.86. The monoisotopic (exact) mass is 650 g/mol. The van der Waals surface area contributed by atoms with Gasteiger partial charge >= 0.3 is 0 Å². The first-order valence-electron chi connectivity index (χ1n) is 16.3. The molecule has 0 N–H and O–H groups in total. The van der Waals surface area contributed by atoms with Gasteiger partial charge in [-0.3, -0.25) is 0 Å². The first kappa shape index (κ1) is 31.7. The molecule has 0 amide bonds. The molecule has 48 heavy (non-hydrogen) atoms. The van der Waals surface area contributed by atoms with Crippen LogP contribution in [-0.4, -0.2) is 0 Å². The largest absolute Gasteiger partial charge is 0.0622 e. The maximum Gasteiger partial charge on any atom is -0.000883 e. The lowest BCUT2D eigenvalue weighted by atomic mass is 10.1. The molecule has 0 aliphatic carbocycles. The Morgan fingerprint density at radius 1 is 0.333 bits per heavy atom. The second-order valence-electron chi connectivity index (χ2n) is 11.9. The fraction of sp³-hybridized carbons (Fsp3) is 0.0435. The van der Waals surface area contributed by atoms with E-state index in [1.54, 1.807) is 0 Å². The van der Waals surface area contributed by atoms with Gasteiger partial charge in [-0.15, -0.1) is 0 Å². The lowest BCUT2D eigenvalue weighted by molar-refractivity contribution is 1.51. The van der Waals surface area contributed by atoms with E-state index in [4.69, 9.17) is 0 Å². The van der Waals surface area contributed by atoms with Crippen LogP contribution in [0, 0.1) is 26.0 Å². The van der Waals surface area contributed by atoms with Crippen LogP contribution in [-0.2, 0) is 0 Å². The molecule has 0 saturated carbocycles. The fourth-order valence-electron chi connectivity index (χ4n) is 5.99. The topological polar surface area (TPSA) is 0 Å². The maximum atomic E-state index is 3.68. The summed E-state index contributed by atoms with van der Waals surface area (Å²) in [6.45, 7) is 4.27. The van der Waals surface area contributed by atoms with Crippen LogP contribution >= 0.6 is 15.8 Å². The number of benzene rings is 8. The molecule has 230 valence electrons. The molecular formula is C46H36P2. The highest BCUT2D eigenvalue weighted by molar-refractivity contribution is 7.80. The van der Waals surface area contributed by atoms with E-state index >= 15 is 0 Å². The van der Waals surface area contributed by atoms with Crippen molar-refractivity contribution in [1.29, 1.82) is 0 Å². The van der Waals surface area contributed by atoms with Crippen molar-refractivity contribution in [2.45, 2.75) is 13.8 Å². The number of hydrogen-bond acceptors (Lipinski definition) is 0. The second kappa shape index (κ2) is 14.9. The van der Waals surface area contributed by atoms with Crippen molar-refractivity contribution < 1.29 is 0 Å². The highest BCUT2D eigenvalue weighted by atomic mass is 31.1. The molecular weight excluding hydrogens is 614 g/mol. The van der Waals surface area contributed by atoms with Gasteiger partial charge in [0.05, 0.1) is 0 Å². The molecule has 0 nitrogen and oxygen atoms in total. The van der Waals surface area contributed by atoms with Crippen LogP contribution < -0.4 is 31.8 Å². The van der Waals surface area contributed by atoms with E-state index in [1.807, 2.05) is 0 Å². The van der Waals surface area contributed by atoms with Crippen molar-refractivity contribution >= 4 is 69.2 Å². The highest BCUT2D eigenvalue weighted by Gasteiger charge is 2.18. The van der Waals surface area contributed by atoms with Gasteiger partial charge in [0.25, 0.3) is 0 Å². The normalized spacial score (nSPS) is 11.1. The summed E-state index contributed by atoms with van der Waals surface area (Å²) >= 11 is 0. The van der Waals surface area contributed by atoms with Crippen molar-refractivity contribution in [3.63, 3.8) is 0 Å². The number of hydrogen-bond donors (Lipinski definition) is 0. The molecule has 0 aromatic heterocycles. The predicted octanol–water partition coefficient (Wildman–Crippen LogP) is 9.41. The lowest BCUT2D eigenvalue weighted by Crippen LogP contribution is -2.20. The van der Waals surface area contributed by atoms with E-state index in [0.717, 1.165) is 0 Å². The van der Waals surface area contributed by atoms with Gasteiger partial charge < -0.3 is 0 Å². The third-order valence-corrected chi connectivity index (χ3v) is 13.1. The zero-order chi connectivity index (χ0) is 32.7. The van der Waals surface area contributed by atoms with E-state index in [1.165, 1.54) is 64.5 Å². The zero-order valence-corrected chi connectivity index (χ0v) is 29.0. The van der Waals surface area contributed by atoms with Crippen molar-refractivity contribution in [2.75, 3.05) is 0 Å². The lowest BCUT2D eigenvalue weighted by Gasteiger charge is -2.19. The zero-order valence-electron chi connectivity index (χ0n) is 27.2. The summed E-state index contributed by atoms with van der Waals surface area (Å²) in [5, 5.41) is 12.9. The summed E-state index contributed by atoms with van der Waals surface area (Å²) in [5.74, 6) is 0. The molecule has 2 heteroatoms. The van der Waals surface area contributed by atoms with E-state index in [-0.39, 0.29) is 0 Å². The molecule has 0 heterocycles. The van der Waals surface area contributed by atoms with Gasteiger partial charge in [-0.1, -0.05) is 193 Å². The average Bonchev–Trinajstić information content (AvgIpc) is 3.14. The summed E-state index contributed by atoms with van der Waals surface area (Å²) in [6, 6.07) is 72.6. The van der Waals surface area contributed by atoms with Crippen LogP contribution in [0.25, 0.3) is 21.5 Å². The van der Waals surface area contributed by atoms with Crippen LogP contribution in [0.15, 0.2) is 182 Å². The summed E-state index contributed by atoms with van der Waals surface area (Å²) in [6.07, 6.45) is 0. The number of rotatable bonds is 6. The second-order valence-corrected chi connectivity index (χ2v) is 16.3. The molecule has 0 aliphatic heterocycles. The molecule has 8 rings (SSSR count). The van der Waals surface area contributed by atoms with Crippen molar-refractivity contribution in [3.05, 3.63) is 205 Å². The summed E-state index contributed by atoms with van der Waals surface area (Å²) < 4.78 is 0. The van der Waals surface area contributed by atoms with Crippen LogP contribution in [0.4, 0.5) is 0 Å². The first-order valence-corrected chi connectivity index (χ1v) is 19.0. The molecule has 0 aliphatic rings. The van der Waals surface area contributed by atoms with Gasteiger partial charge in [0, 0.05) is 0 Å². The molecule has 8 aromatic carbocycles. The number of fused-ring (bicyclic) bond motifs is 2. The average molecular weight is 651 g/mol. The minimum Gasteiger partial charge on any atom is -0.0622 e. The molecule has 0 unspecified atom stereocenters. The molecule has 0 bridgehead atoms. The van der Waals surface area contributed by atoms with E-state index < -0.39 is 15.8 Å². The Bertz CT molecular complexity index is 2000. The minimum atomic E-state index is -0.582. The van der Waals surface area contributed by atoms with E-state index in [0.29, 0.717) is 0 Å². The molecule has 0 atom stereocenters. The molecule has 0 spiro atoms. The Labute approximate surface area is 287 Å². The predicted molar refractivity (Wildman–Crippen MR) is 212 cm³/mol. The van der Waals surface area contributed by atoms with E-state index in [2.05, 4.69) is 208 Å². The van der Waals surface area contributed by atoms with Crippen molar-refractivity contribution in [1.82, 2.24) is 0 Å².